The number of benzene rings is 3. The van der Waals surface area contributed by atoms with Crippen molar-refractivity contribution in [3.05, 3.63) is 82.4 Å². The van der Waals surface area contributed by atoms with E-state index in [2.05, 4.69) is 24.3 Å². The number of carboxylic acids is 1. The third-order valence-corrected chi connectivity index (χ3v) is 5.65. The van der Waals surface area contributed by atoms with Crippen LogP contribution in [0.3, 0.4) is 0 Å². The molecule has 0 bridgehead atoms. The van der Waals surface area contributed by atoms with Gasteiger partial charge >= 0.3 is 5.97 Å². The van der Waals surface area contributed by atoms with Gasteiger partial charge in [-0.05, 0) is 72.2 Å². The van der Waals surface area contributed by atoms with Crippen molar-refractivity contribution in [2.24, 2.45) is 0 Å². The Hall–Kier alpha value is -3.67. The lowest BCUT2D eigenvalue weighted by atomic mass is 9.99. The second-order valence-corrected chi connectivity index (χ2v) is 7.69. The average molecular weight is 451 g/mol. The maximum Gasteiger partial charge on any atom is 0.339 e. The zero-order valence-corrected chi connectivity index (χ0v) is 19.5. The van der Waals surface area contributed by atoms with Gasteiger partial charge in [0, 0.05) is 0 Å². The molecular weight excluding hydrogens is 420 g/mol. The third-order valence-electron chi connectivity index (χ3n) is 5.65. The predicted octanol–water partition coefficient (Wildman–Crippen LogP) is 4.99. The summed E-state index contributed by atoms with van der Waals surface area (Å²) in [5.74, 6) is 1.33. The zero-order chi connectivity index (χ0) is 23.8. The van der Waals surface area contributed by atoms with Gasteiger partial charge in [-0.1, -0.05) is 30.3 Å². The normalized spacial score (nSPS) is 10.5. The van der Waals surface area contributed by atoms with E-state index < -0.39 is 5.97 Å². The minimum Gasteiger partial charge on any atom is -0.496 e. The van der Waals surface area contributed by atoms with Crippen molar-refractivity contribution in [3.63, 3.8) is 0 Å². The molecule has 0 radical (unpaired) electrons. The molecule has 0 fully saturated rings. The Morgan fingerprint density at radius 1 is 0.606 bits per heavy atom. The highest BCUT2D eigenvalue weighted by molar-refractivity contribution is 5.91. The first-order chi connectivity index (χ1) is 16.0. The van der Waals surface area contributed by atoms with Crippen molar-refractivity contribution >= 4 is 5.97 Å². The van der Waals surface area contributed by atoms with Gasteiger partial charge < -0.3 is 24.1 Å². The number of methoxy groups -OCH3 is 4. The van der Waals surface area contributed by atoms with Crippen LogP contribution in [-0.4, -0.2) is 39.5 Å². The van der Waals surface area contributed by atoms with Gasteiger partial charge in [-0.25, -0.2) is 4.79 Å². The summed E-state index contributed by atoms with van der Waals surface area (Å²) >= 11 is 0. The van der Waals surface area contributed by atoms with Gasteiger partial charge in [0.1, 0.15) is 11.3 Å². The highest BCUT2D eigenvalue weighted by Crippen LogP contribution is 2.38. The minimum absolute atomic E-state index is 0.178. The van der Waals surface area contributed by atoms with Crippen molar-refractivity contribution in [1.29, 1.82) is 0 Å². The zero-order valence-electron chi connectivity index (χ0n) is 19.5. The fourth-order valence-electron chi connectivity index (χ4n) is 3.80. The first kappa shape index (κ1) is 24.0. The lowest BCUT2D eigenvalue weighted by Crippen LogP contribution is -2.02. The Morgan fingerprint density at radius 2 is 1.03 bits per heavy atom. The molecule has 174 valence electrons. The van der Waals surface area contributed by atoms with E-state index in [-0.39, 0.29) is 5.56 Å². The average Bonchev–Trinajstić information content (AvgIpc) is 2.85. The molecule has 1 N–H and O–H groups in total. The molecule has 3 aromatic rings. The number of hydrogen-bond donors (Lipinski definition) is 1. The number of aryl methyl sites for hydroxylation is 4. The van der Waals surface area contributed by atoms with Gasteiger partial charge in [0.2, 0.25) is 5.75 Å². The van der Waals surface area contributed by atoms with Crippen LogP contribution in [0, 0.1) is 0 Å². The molecule has 3 aromatic carbocycles. The lowest BCUT2D eigenvalue weighted by Gasteiger charge is -2.14. The van der Waals surface area contributed by atoms with Crippen LogP contribution in [-0.2, 0) is 25.7 Å². The summed E-state index contributed by atoms with van der Waals surface area (Å²) in [6, 6.07) is 17.8. The summed E-state index contributed by atoms with van der Waals surface area (Å²) in [6.45, 7) is 0. The number of ether oxygens (including phenoxy) is 4. The number of aromatic carboxylic acids is 1. The summed E-state index contributed by atoms with van der Waals surface area (Å²) in [4.78, 5) is 11.2. The van der Waals surface area contributed by atoms with E-state index in [1.807, 2.05) is 18.2 Å². The van der Waals surface area contributed by atoms with Crippen LogP contribution in [0.4, 0.5) is 0 Å². The van der Waals surface area contributed by atoms with Gasteiger partial charge in [0.25, 0.3) is 0 Å². The van der Waals surface area contributed by atoms with E-state index >= 15 is 0 Å². The van der Waals surface area contributed by atoms with Gasteiger partial charge in [-0.3, -0.25) is 0 Å². The summed E-state index contributed by atoms with van der Waals surface area (Å²) in [5.41, 5.74) is 4.82. The van der Waals surface area contributed by atoms with Crippen molar-refractivity contribution in [3.8, 4) is 23.0 Å². The van der Waals surface area contributed by atoms with E-state index in [0.29, 0.717) is 23.0 Å². The predicted molar refractivity (Wildman–Crippen MR) is 127 cm³/mol. The first-order valence-corrected chi connectivity index (χ1v) is 10.8. The van der Waals surface area contributed by atoms with Crippen LogP contribution in [0.25, 0.3) is 0 Å². The van der Waals surface area contributed by atoms with Crippen molar-refractivity contribution < 1.29 is 28.8 Å². The molecule has 6 nitrogen and oxygen atoms in total. The second kappa shape index (κ2) is 11.3. The summed E-state index contributed by atoms with van der Waals surface area (Å²) < 4.78 is 21.5. The number of rotatable bonds is 11. The fraction of sp³-hybridized carbons (Fsp3) is 0.296. The van der Waals surface area contributed by atoms with Crippen molar-refractivity contribution in [2.45, 2.75) is 25.7 Å². The van der Waals surface area contributed by atoms with Crippen LogP contribution < -0.4 is 18.9 Å². The molecule has 6 heteroatoms. The quantitative estimate of drug-likeness (QED) is 0.444. The van der Waals surface area contributed by atoms with Crippen LogP contribution in [0.15, 0.2) is 54.6 Å². The molecular formula is C27H30O6. The van der Waals surface area contributed by atoms with Crippen LogP contribution in [0.1, 0.15) is 32.6 Å². The minimum atomic E-state index is -0.986. The molecule has 0 saturated heterocycles. The third kappa shape index (κ3) is 5.98. The van der Waals surface area contributed by atoms with E-state index in [1.165, 1.54) is 18.2 Å². The smallest absolute Gasteiger partial charge is 0.339 e. The highest BCUT2D eigenvalue weighted by Gasteiger charge is 2.13. The summed E-state index contributed by atoms with van der Waals surface area (Å²) in [7, 11) is 6.33. The monoisotopic (exact) mass is 450 g/mol. The lowest BCUT2D eigenvalue weighted by molar-refractivity contribution is 0.0693. The molecule has 33 heavy (non-hydrogen) atoms. The largest absolute Gasteiger partial charge is 0.496 e. The first-order valence-electron chi connectivity index (χ1n) is 10.8. The molecule has 0 heterocycles. The van der Waals surface area contributed by atoms with E-state index in [4.69, 9.17) is 18.9 Å². The molecule has 0 unspecified atom stereocenters. The molecule has 0 saturated carbocycles. The van der Waals surface area contributed by atoms with Crippen LogP contribution in [0.2, 0.25) is 0 Å². The Balaban J connectivity index is 1.60. The molecule has 0 aromatic heterocycles. The number of carbonyl (C=O) groups is 1. The van der Waals surface area contributed by atoms with Crippen molar-refractivity contribution in [2.75, 3.05) is 28.4 Å². The molecule has 0 aliphatic rings. The van der Waals surface area contributed by atoms with Gasteiger partial charge in [0.15, 0.2) is 11.5 Å². The Labute approximate surface area is 194 Å². The maximum atomic E-state index is 11.2. The Morgan fingerprint density at radius 3 is 1.48 bits per heavy atom. The van der Waals surface area contributed by atoms with Gasteiger partial charge in [-0.15, -0.1) is 0 Å². The number of hydrogen-bond acceptors (Lipinski definition) is 5. The van der Waals surface area contributed by atoms with E-state index in [0.717, 1.165) is 36.8 Å². The highest BCUT2D eigenvalue weighted by atomic mass is 16.5. The summed E-state index contributed by atoms with van der Waals surface area (Å²) in [6.07, 6.45) is 3.42. The Kier molecular flexibility index (Phi) is 8.19. The second-order valence-electron chi connectivity index (χ2n) is 7.69. The molecule has 0 spiro atoms. The van der Waals surface area contributed by atoms with E-state index in [9.17, 15) is 9.90 Å². The topological polar surface area (TPSA) is 74.2 Å². The van der Waals surface area contributed by atoms with Gasteiger partial charge in [0.05, 0.1) is 28.4 Å². The van der Waals surface area contributed by atoms with Crippen molar-refractivity contribution in [1.82, 2.24) is 0 Å². The standard InChI is InChI=1S/C27H30O6/c1-30-23-15-20(13-14-22(23)27(28)29)11-9-18-5-7-19(8-6-18)10-12-21-16-24(31-2)26(33-4)25(17-21)32-3/h5-8,13-17H,9-12H2,1-4H3,(H,28,29). The number of carboxylic acid groups (broad SMARTS) is 1. The molecule has 0 amide bonds. The van der Waals surface area contributed by atoms with Crippen LogP contribution in [0.5, 0.6) is 23.0 Å². The maximum absolute atomic E-state index is 11.2. The fourth-order valence-corrected chi connectivity index (χ4v) is 3.80. The Bertz CT molecular complexity index is 1060. The molecule has 3 rings (SSSR count). The molecule has 0 atom stereocenters. The van der Waals surface area contributed by atoms with Gasteiger partial charge in [-0.2, -0.15) is 0 Å². The van der Waals surface area contributed by atoms with Crippen LogP contribution >= 0.6 is 0 Å². The summed E-state index contributed by atoms with van der Waals surface area (Å²) in [5, 5.41) is 9.22. The van der Waals surface area contributed by atoms with E-state index in [1.54, 1.807) is 33.5 Å². The molecule has 0 aliphatic heterocycles. The molecule has 0 aliphatic carbocycles. The SMILES string of the molecule is COc1cc(CCc2ccc(CCc3cc(OC)c(OC)c(OC)c3)cc2)ccc1C(=O)O.